The summed E-state index contributed by atoms with van der Waals surface area (Å²) in [5.41, 5.74) is 0. The first-order valence-corrected chi connectivity index (χ1v) is 8.05. The molecule has 0 aromatic rings. The lowest BCUT2D eigenvalue weighted by atomic mass is 10.1. The Morgan fingerprint density at radius 1 is 1.56 bits per heavy atom. The molecule has 0 bridgehead atoms. The van der Waals surface area contributed by atoms with Gasteiger partial charge in [-0.3, -0.25) is 4.90 Å². The third kappa shape index (κ3) is 5.48. The Kier molecular flexibility index (Phi) is 6.86. The van der Waals surface area contributed by atoms with Crippen molar-refractivity contribution in [3.05, 3.63) is 0 Å². The fourth-order valence-electron chi connectivity index (χ4n) is 2.16. The summed E-state index contributed by atoms with van der Waals surface area (Å²) in [6, 6.07) is 0. The van der Waals surface area contributed by atoms with E-state index < -0.39 is 0 Å². The standard InChI is InChI=1S/C13H26N2O2S/c1-11(2)6-5-7-15-9-12(17-13(15)16)8-14(3)10-18-4/h11-12H,5-10H2,1-4H3/t12-/m0/s1. The van der Waals surface area contributed by atoms with E-state index in [1.165, 1.54) is 6.42 Å². The number of amides is 1. The van der Waals surface area contributed by atoms with E-state index in [4.69, 9.17) is 4.74 Å². The van der Waals surface area contributed by atoms with Crippen LogP contribution in [0, 0.1) is 5.92 Å². The minimum absolute atomic E-state index is 0.0358. The lowest BCUT2D eigenvalue weighted by Gasteiger charge is -2.18. The normalized spacial score (nSPS) is 20.0. The average Bonchev–Trinajstić information content (AvgIpc) is 2.59. The highest BCUT2D eigenvalue weighted by Gasteiger charge is 2.31. The molecule has 1 amide bonds. The molecule has 1 aliphatic rings. The SMILES string of the molecule is CSCN(C)C[C@H]1CN(CCCC(C)C)C(=O)O1. The monoisotopic (exact) mass is 274 g/mol. The molecule has 0 saturated carbocycles. The third-order valence-electron chi connectivity index (χ3n) is 3.02. The molecule has 0 aromatic heterocycles. The van der Waals surface area contributed by atoms with Crippen LogP contribution in [0.3, 0.4) is 0 Å². The van der Waals surface area contributed by atoms with Crippen molar-refractivity contribution in [2.45, 2.75) is 32.8 Å². The van der Waals surface area contributed by atoms with Crippen molar-refractivity contribution in [2.75, 3.05) is 38.8 Å². The van der Waals surface area contributed by atoms with Gasteiger partial charge in [0.15, 0.2) is 0 Å². The van der Waals surface area contributed by atoms with Crippen LogP contribution in [0.2, 0.25) is 0 Å². The highest BCUT2D eigenvalue weighted by molar-refractivity contribution is 7.98. The van der Waals surface area contributed by atoms with Gasteiger partial charge < -0.3 is 9.64 Å². The summed E-state index contributed by atoms with van der Waals surface area (Å²) in [5, 5.41) is 0. The van der Waals surface area contributed by atoms with Gasteiger partial charge in [-0.2, -0.15) is 0 Å². The minimum atomic E-state index is -0.138. The highest BCUT2D eigenvalue weighted by atomic mass is 32.2. The van der Waals surface area contributed by atoms with Crippen LogP contribution in [-0.2, 0) is 4.74 Å². The summed E-state index contributed by atoms with van der Waals surface area (Å²) in [7, 11) is 2.06. The van der Waals surface area contributed by atoms with E-state index in [2.05, 4.69) is 32.1 Å². The van der Waals surface area contributed by atoms with E-state index in [1.54, 1.807) is 11.8 Å². The maximum atomic E-state index is 11.7. The predicted octanol–water partition coefficient (Wildman–Crippen LogP) is 2.50. The maximum Gasteiger partial charge on any atom is 0.410 e. The second-order valence-corrected chi connectivity index (χ2v) is 6.28. The molecule has 1 saturated heterocycles. The number of hydrogen-bond donors (Lipinski definition) is 0. The molecule has 0 spiro atoms. The Balaban J connectivity index is 2.26. The van der Waals surface area contributed by atoms with E-state index in [9.17, 15) is 4.79 Å². The number of carbonyl (C=O) groups is 1. The Morgan fingerprint density at radius 3 is 2.89 bits per heavy atom. The van der Waals surface area contributed by atoms with Crippen LogP contribution in [0.1, 0.15) is 26.7 Å². The van der Waals surface area contributed by atoms with Gasteiger partial charge in [0.25, 0.3) is 0 Å². The number of nitrogens with zero attached hydrogens (tertiary/aromatic N) is 2. The Labute approximate surface area is 115 Å². The molecule has 1 aliphatic heterocycles. The van der Waals surface area contributed by atoms with Gasteiger partial charge in [-0.1, -0.05) is 13.8 Å². The first-order valence-electron chi connectivity index (χ1n) is 6.66. The van der Waals surface area contributed by atoms with Crippen LogP contribution < -0.4 is 0 Å². The molecule has 1 fully saturated rings. The molecular weight excluding hydrogens is 248 g/mol. The van der Waals surface area contributed by atoms with Gasteiger partial charge in [0.1, 0.15) is 6.10 Å². The Bertz CT molecular complexity index is 261. The number of ether oxygens (including phenoxy) is 1. The smallest absolute Gasteiger partial charge is 0.410 e. The van der Waals surface area contributed by atoms with Crippen LogP contribution >= 0.6 is 11.8 Å². The third-order valence-corrected chi connectivity index (χ3v) is 3.72. The van der Waals surface area contributed by atoms with E-state index in [0.717, 1.165) is 31.9 Å². The number of thioether (sulfide) groups is 1. The maximum absolute atomic E-state index is 11.7. The zero-order valence-electron chi connectivity index (χ0n) is 12.0. The van der Waals surface area contributed by atoms with Gasteiger partial charge in [0.05, 0.1) is 6.54 Å². The van der Waals surface area contributed by atoms with Crippen molar-refractivity contribution < 1.29 is 9.53 Å². The molecule has 1 heterocycles. The predicted molar refractivity (Wildman–Crippen MR) is 76.9 cm³/mol. The molecule has 1 rings (SSSR count). The highest BCUT2D eigenvalue weighted by Crippen LogP contribution is 2.14. The van der Waals surface area contributed by atoms with Gasteiger partial charge in [0, 0.05) is 19.0 Å². The Hall–Kier alpha value is -0.420. The molecule has 18 heavy (non-hydrogen) atoms. The molecule has 0 unspecified atom stereocenters. The number of carbonyl (C=O) groups excluding carboxylic acids is 1. The summed E-state index contributed by atoms with van der Waals surface area (Å²) in [6.45, 7) is 6.83. The number of cyclic esters (lactones) is 1. The number of hydrogen-bond acceptors (Lipinski definition) is 4. The molecule has 1 atom stereocenters. The molecule has 106 valence electrons. The molecule has 0 N–H and O–H groups in total. The fraction of sp³-hybridized carbons (Fsp3) is 0.923. The summed E-state index contributed by atoms with van der Waals surface area (Å²) in [6.07, 6.45) is 4.21. The van der Waals surface area contributed by atoms with Crippen LogP contribution in [0.15, 0.2) is 0 Å². The Morgan fingerprint density at radius 2 is 2.28 bits per heavy atom. The van der Waals surface area contributed by atoms with Gasteiger partial charge in [0.2, 0.25) is 0 Å². The number of rotatable bonds is 8. The lowest BCUT2D eigenvalue weighted by molar-refractivity contribution is 0.117. The van der Waals surface area contributed by atoms with E-state index in [-0.39, 0.29) is 12.2 Å². The summed E-state index contributed by atoms with van der Waals surface area (Å²) in [5.74, 6) is 1.67. The van der Waals surface area contributed by atoms with E-state index >= 15 is 0 Å². The largest absolute Gasteiger partial charge is 0.443 e. The average molecular weight is 274 g/mol. The first-order chi connectivity index (χ1) is 8.52. The molecular formula is C13H26N2O2S. The molecule has 0 aliphatic carbocycles. The molecule has 0 radical (unpaired) electrons. The van der Waals surface area contributed by atoms with Gasteiger partial charge in [-0.15, -0.1) is 11.8 Å². The van der Waals surface area contributed by atoms with E-state index in [0.29, 0.717) is 5.92 Å². The summed E-state index contributed by atoms with van der Waals surface area (Å²) in [4.78, 5) is 15.7. The van der Waals surface area contributed by atoms with Crippen LogP contribution in [0.5, 0.6) is 0 Å². The molecule has 5 heteroatoms. The van der Waals surface area contributed by atoms with Crippen molar-refractivity contribution >= 4 is 17.9 Å². The zero-order valence-corrected chi connectivity index (χ0v) is 12.8. The van der Waals surface area contributed by atoms with Crippen LogP contribution in [-0.4, -0.2) is 60.8 Å². The molecule has 4 nitrogen and oxygen atoms in total. The van der Waals surface area contributed by atoms with Crippen molar-refractivity contribution in [3.8, 4) is 0 Å². The van der Waals surface area contributed by atoms with Gasteiger partial charge in [-0.25, -0.2) is 4.79 Å². The lowest BCUT2D eigenvalue weighted by Crippen LogP contribution is -2.32. The zero-order chi connectivity index (χ0) is 13.5. The van der Waals surface area contributed by atoms with Crippen molar-refractivity contribution in [3.63, 3.8) is 0 Å². The first kappa shape index (κ1) is 15.6. The van der Waals surface area contributed by atoms with Gasteiger partial charge in [-0.05, 0) is 32.1 Å². The van der Waals surface area contributed by atoms with Crippen molar-refractivity contribution in [1.29, 1.82) is 0 Å². The van der Waals surface area contributed by atoms with Crippen LogP contribution in [0.25, 0.3) is 0 Å². The number of likely N-dealkylation sites (N-methyl/N-ethyl adjacent to an activating group) is 1. The van der Waals surface area contributed by atoms with E-state index in [1.807, 2.05) is 4.90 Å². The molecule has 0 aromatic carbocycles. The minimum Gasteiger partial charge on any atom is -0.443 e. The summed E-state index contributed by atoms with van der Waals surface area (Å²) < 4.78 is 5.38. The van der Waals surface area contributed by atoms with Crippen molar-refractivity contribution in [1.82, 2.24) is 9.80 Å². The van der Waals surface area contributed by atoms with Crippen LogP contribution in [0.4, 0.5) is 4.79 Å². The second kappa shape index (κ2) is 7.89. The topological polar surface area (TPSA) is 32.8 Å². The summed E-state index contributed by atoms with van der Waals surface area (Å²) >= 11 is 1.78. The van der Waals surface area contributed by atoms with Crippen molar-refractivity contribution in [2.24, 2.45) is 5.92 Å². The fourth-order valence-corrected chi connectivity index (χ4v) is 2.71. The second-order valence-electron chi connectivity index (χ2n) is 5.44. The van der Waals surface area contributed by atoms with Gasteiger partial charge >= 0.3 is 6.09 Å². The quantitative estimate of drug-likeness (QED) is 0.637.